The lowest BCUT2D eigenvalue weighted by Crippen LogP contribution is -2.39. The minimum atomic E-state index is -4.99. The van der Waals surface area contributed by atoms with Crippen LogP contribution in [0.3, 0.4) is 0 Å². The maximum absolute atomic E-state index is 12.9. The van der Waals surface area contributed by atoms with Crippen LogP contribution in [0.1, 0.15) is 40.4 Å². The van der Waals surface area contributed by atoms with Crippen molar-refractivity contribution in [2.45, 2.75) is 31.2 Å². The van der Waals surface area contributed by atoms with Crippen LogP contribution in [0.15, 0.2) is 30.9 Å². The van der Waals surface area contributed by atoms with Crippen molar-refractivity contribution < 1.29 is 31.1 Å². The second-order valence-corrected chi connectivity index (χ2v) is 6.19. The number of amides is 1. The van der Waals surface area contributed by atoms with Gasteiger partial charge in [-0.05, 0) is 31.0 Å². The zero-order valence-electron chi connectivity index (χ0n) is 13.8. The molecule has 1 aromatic heterocycles. The summed E-state index contributed by atoms with van der Waals surface area (Å²) in [5, 5.41) is 4.00. The lowest BCUT2D eigenvalue weighted by atomic mass is 10.0. The van der Waals surface area contributed by atoms with E-state index in [4.69, 9.17) is 0 Å². The summed E-state index contributed by atoms with van der Waals surface area (Å²) in [4.78, 5) is 17.6. The molecule has 5 nitrogen and oxygen atoms in total. The van der Waals surface area contributed by atoms with Crippen LogP contribution in [0, 0.1) is 0 Å². The van der Waals surface area contributed by atoms with Crippen LogP contribution in [-0.2, 0) is 12.4 Å². The molecule has 27 heavy (non-hydrogen) atoms. The Labute approximate surface area is 149 Å². The van der Waals surface area contributed by atoms with E-state index in [2.05, 4.69) is 10.1 Å². The fraction of sp³-hybridized carbons (Fsp3) is 0.438. The standard InChI is InChI=1S/C16H14F6N4O/c17-15(18,19)11-5-10(6-12(7-11)16(20,21)22)14(27)25-3-1-13(2-4-25)26-9-23-8-24-26/h5-9,13H,1-4H2. The van der Waals surface area contributed by atoms with Gasteiger partial charge in [-0.2, -0.15) is 31.4 Å². The average Bonchev–Trinajstić information content (AvgIpc) is 3.14. The fourth-order valence-electron chi connectivity index (χ4n) is 3.00. The smallest absolute Gasteiger partial charge is 0.338 e. The predicted octanol–water partition coefficient (Wildman–Crippen LogP) is 3.79. The van der Waals surface area contributed by atoms with Crippen LogP contribution < -0.4 is 0 Å². The van der Waals surface area contributed by atoms with E-state index in [1.807, 2.05) is 0 Å². The molecule has 3 rings (SSSR count). The monoisotopic (exact) mass is 392 g/mol. The highest BCUT2D eigenvalue weighted by atomic mass is 19.4. The summed E-state index contributed by atoms with van der Waals surface area (Å²) in [6.07, 6.45) is -6.16. The van der Waals surface area contributed by atoms with Crippen molar-refractivity contribution in [1.29, 1.82) is 0 Å². The van der Waals surface area contributed by atoms with Crippen LogP contribution in [-0.4, -0.2) is 38.7 Å². The van der Waals surface area contributed by atoms with Crippen LogP contribution in [0.25, 0.3) is 0 Å². The fourth-order valence-corrected chi connectivity index (χ4v) is 3.00. The Morgan fingerprint density at radius 2 is 1.52 bits per heavy atom. The number of piperidine rings is 1. The van der Waals surface area contributed by atoms with E-state index in [9.17, 15) is 31.1 Å². The Morgan fingerprint density at radius 3 is 1.96 bits per heavy atom. The normalized spacial score (nSPS) is 16.6. The van der Waals surface area contributed by atoms with Gasteiger partial charge in [-0.1, -0.05) is 0 Å². The summed E-state index contributed by atoms with van der Waals surface area (Å²) < 4.78 is 79.3. The molecule has 1 amide bonds. The first-order valence-electron chi connectivity index (χ1n) is 7.98. The molecule has 11 heteroatoms. The third-order valence-electron chi connectivity index (χ3n) is 4.40. The first kappa shape index (κ1) is 19.2. The van der Waals surface area contributed by atoms with Crippen molar-refractivity contribution in [3.8, 4) is 0 Å². The van der Waals surface area contributed by atoms with Gasteiger partial charge < -0.3 is 4.90 Å². The molecule has 0 bridgehead atoms. The van der Waals surface area contributed by atoms with Crippen molar-refractivity contribution >= 4 is 5.91 Å². The van der Waals surface area contributed by atoms with Gasteiger partial charge >= 0.3 is 12.4 Å². The molecule has 0 atom stereocenters. The number of rotatable bonds is 2. The van der Waals surface area contributed by atoms with Gasteiger partial charge in [0.15, 0.2) is 0 Å². The first-order valence-corrected chi connectivity index (χ1v) is 7.98. The van der Waals surface area contributed by atoms with E-state index < -0.39 is 35.0 Å². The number of hydrogen-bond donors (Lipinski definition) is 0. The van der Waals surface area contributed by atoms with Gasteiger partial charge in [0.25, 0.3) is 5.91 Å². The number of halogens is 6. The summed E-state index contributed by atoms with van der Waals surface area (Å²) in [5.41, 5.74) is -3.63. The van der Waals surface area contributed by atoms with Gasteiger partial charge in [0.1, 0.15) is 12.7 Å². The highest BCUT2D eigenvalue weighted by Gasteiger charge is 2.38. The van der Waals surface area contributed by atoms with E-state index >= 15 is 0 Å². The number of nitrogens with zero attached hydrogens (tertiary/aromatic N) is 4. The van der Waals surface area contributed by atoms with E-state index in [1.54, 1.807) is 4.68 Å². The van der Waals surface area contributed by atoms with E-state index in [-0.39, 0.29) is 25.2 Å². The highest BCUT2D eigenvalue weighted by molar-refractivity contribution is 5.94. The summed E-state index contributed by atoms with van der Waals surface area (Å²) in [6.45, 7) is 0.391. The Morgan fingerprint density at radius 1 is 0.963 bits per heavy atom. The number of likely N-dealkylation sites (tertiary alicyclic amines) is 1. The van der Waals surface area contributed by atoms with Gasteiger partial charge in [0.2, 0.25) is 0 Å². The molecule has 1 aromatic carbocycles. The summed E-state index contributed by atoms with van der Waals surface area (Å²) in [5.74, 6) is -0.858. The second-order valence-electron chi connectivity index (χ2n) is 6.19. The van der Waals surface area contributed by atoms with Gasteiger partial charge in [-0.3, -0.25) is 4.79 Å². The molecule has 0 radical (unpaired) electrons. The SMILES string of the molecule is O=C(c1cc(C(F)(F)F)cc(C(F)(F)F)c1)N1CCC(n2cncn2)CC1. The molecule has 0 unspecified atom stereocenters. The summed E-state index contributed by atoms with van der Waals surface area (Å²) >= 11 is 0. The van der Waals surface area contributed by atoms with Gasteiger partial charge in [0.05, 0.1) is 17.2 Å². The molecule has 2 aromatic rings. The van der Waals surface area contributed by atoms with Gasteiger partial charge in [0, 0.05) is 18.7 Å². The zero-order valence-corrected chi connectivity index (χ0v) is 13.8. The molecule has 1 saturated heterocycles. The Balaban J connectivity index is 1.82. The maximum Gasteiger partial charge on any atom is 0.416 e. The number of benzene rings is 1. The number of carbonyl (C=O) groups is 1. The summed E-state index contributed by atoms with van der Waals surface area (Å²) in [7, 11) is 0. The quantitative estimate of drug-likeness (QED) is 0.731. The lowest BCUT2D eigenvalue weighted by molar-refractivity contribution is -0.143. The molecule has 0 N–H and O–H groups in total. The first-order chi connectivity index (χ1) is 12.6. The van der Waals surface area contributed by atoms with E-state index in [1.165, 1.54) is 17.6 Å². The molecule has 2 heterocycles. The Hall–Kier alpha value is -2.59. The largest absolute Gasteiger partial charge is 0.416 e. The zero-order chi connectivity index (χ0) is 19.8. The molecule has 1 aliphatic heterocycles. The van der Waals surface area contributed by atoms with Crippen molar-refractivity contribution in [2.75, 3.05) is 13.1 Å². The molecular formula is C16H14F6N4O. The van der Waals surface area contributed by atoms with Crippen molar-refractivity contribution in [2.24, 2.45) is 0 Å². The van der Waals surface area contributed by atoms with Crippen molar-refractivity contribution in [3.63, 3.8) is 0 Å². The number of hydrogen-bond acceptors (Lipinski definition) is 3. The van der Waals surface area contributed by atoms with Crippen LogP contribution >= 0.6 is 0 Å². The molecule has 0 spiro atoms. The minimum absolute atomic E-state index is 0.00767. The lowest BCUT2D eigenvalue weighted by Gasteiger charge is -2.32. The molecule has 0 saturated carbocycles. The third kappa shape index (κ3) is 4.22. The van der Waals surface area contributed by atoms with Gasteiger partial charge in [-0.15, -0.1) is 0 Å². The molecule has 1 fully saturated rings. The van der Waals surface area contributed by atoms with Crippen molar-refractivity contribution in [1.82, 2.24) is 19.7 Å². The number of alkyl halides is 6. The van der Waals surface area contributed by atoms with Crippen molar-refractivity contribution in [3.05, 3.63) is 47.5 Å². The second kappa shape index (κ2) is 6.86. The average molecular weight is 392 g/mol. The van der Waals surface area contributed by atoms with E-state index in [0.717, 1.165) is 0 Å². The topological polar surface area (TPSA) is 51.0 Å². The molecular weight excluding hydrogens is 378 g/mol. The molecule has 0 aliphatic carbocycles. The highest BCUT2D eigenvalue weighted by Crippen LogP contribution is 2.36. The summed E-state index contributed by atoms with van der Waals surface area (Å²) in [6, 6.07) is 0.902. The van der Waals surface area contributed by atoms with Crippen LogP contribution in [0.2, 0.25) is 0 Å². The predicted molar refractivity (Wildman–Crippen MR) is 80.6 cm³/mol. The Bertz CT molecular complexity index is 775. The van der Waals surface area contributed by atoms with E-state index in [0.29, 0.717) is 25.0 Å². The third-order valence-corrected chi connectivity index (χ3v) is 4.40. The molecule has 1 aliphatic rings. The molecule has 146 valence electrons. The number of carbonyl (C=O) groups excluding carboxylic acids is 1. The minimum Gasteiger partial charge on any atom is -0.338 e. The maximum atomic E-state index is 12.9. The van der Waals surface area contributed by atoms with Crippen LogP contribution in [0.4, 0.5) is 26.3 Å². The number of aromatic nitrogens is 3. The van der Waals surface area contributed by atoms with Crippen LogP contribution in [0.5, 0.6) is 0 Å². The van der Waals surface area contributed by atoms with Gasteiger partial charge in [-0.25, -0.2) is 9.67 Å². The Kier molecular flexibility index (Phi) is 4.87.